The summed E-state index contributed by atoms with van der Waals surface area (Å²) >= 11 is 0. The Balaban J connectivity index is 1.96. The van der Waals surface area contributed by atoms with Crippen molar-refractivity contribution in [3.8, 4) is 0 Å². The molecule has 1 heterocycles. The molecular weight excluding hydrogens is 280 g/mol. The van der Waals surface area contributed by atoms with Gasteiger partial charge >= 0.3 is 0 Å². The highest BCUT2D eigenvalue weighted by molar-refractivity contribution is 8.31. The first-order valence-electron chi connectivity index (χ1n) is 6.51. The van der Waals surface area contributed by atoms with E-state index in [1.807, 2.05) is 12.3 Å². The van der Waals surface area contributed by atoms with Crippen LogP contribution in [0.3, 0.4) is 0 Å². The van der Waals surface area contributed by atoms with Gasteiger partial charge in [0, 0.05) is 6.20 Å². The average Bonchev–Trinajstić information content (AvgIpc) is 2.55. The zero-order valence-corrected chi connectivity index (χ0v) is 12.9. The van der Waals surface area contributed by atoms with Crippen LogP contribution in [0.4, 0.5) is 0 Å². The minimum atomic E-state index is -0.362. The van der Waals surface area contributed by atoms with Crippen LogP contribution in [0.5, 0.6) is 0 Å². The van der Waals surface area contributed by atoms with Crippen molar-refractivity contribution in [1.82, 2.24) is 4.98 Å². The van der Waals surface area contributed by atoms with E-state index in [4.69, 9.17) is 0 Å². The molecular formula is C17H15NP2. The van der Waals surface area contributed by atoms with Gasteiger partial charge in [-0.3, -0.25) is 4.98 Å². The van der Waals surface area contributed by atoms with E-state index in [2.05, 4.69) is 77.8 Å². The second-order valence-electron chi connectivity index (χ2n) is 4.33. The summed E-state index contributed by atoms with van der Waals surface area (Å²) < 4.78 is 0. The number of benzene rings is 2. The molecule has 1 atom stereocenters. The first-order chi connectivity index (χ1) is 9.93. The summed E-state index contributed by atoms with van der Waals surface area (Å²) in [5, 5.41) is 2.83. The first kappa shape index (κ1) is 13.4. The van der Waals surface area contributed by atoms with E-state index in [0.29, 0.717) is 8.27 Å². The summed E-state index contributed by atoms with van der Waals surface area (Å²) in [5.74, 6) is 0. The van der Waals surface area contributed by atoms with Crippen LogP contribution in [0.25, 0.3) is 0 Å². The SMILES string of the molecule is c1ccc(P(Pc2ccccn2)c2ccccc2)cc1. The lowest BCUT2D eigenvalue weighted by Crippen LogP contribution is -2.11. The summed E-state index contributed by atoms with van der Waals surface area (Å²) in [6, 6.07) is 27.7. The Morgan fingerprint density at radius 2 is 1.20 bits per heavy atom. The molecule has 0 saturated carbocycles. The van der Waals surface area contributed by atoms with Crippen molar-refractivity contribution in [2.45, 2.75) is 0 Å². The summed E-state index contributed by atoms with van der Waals surface area (Å²) in [7, 11) is 0.342. The largest absolute Gasteiger partial charge is 0.256 e. The van der Waals surface area contributed by atoms with Crippen LogP contribution in [-0.4, -0.2) is 4.98 Å². The van der Waals surface area contributed by atoms with Gasteiger partial charge in [0.05, 0.1) is 5.44 Å². The molecule has 1 aromatic heterocycles. The van der Waals surface area contributed by atoms with E-state index in [1.54, 1.807) is 0 Å². The third-order valence-electron chi connectivity index (χ3n) is 2.92. The first-order valence-corrected chi connectivity index (χ1v) is 9.70. The predicted molar refractivity (Wildman–Crippen MR) is 91.3 cm³/mol. The second-order valence-corrected chi connectivity index (χ2v) is 8.79. The van der Waals surface area contributed by atoms with Crippen molar-refractivity contribution in [3.05, 3.63) is 85.1 Å². The van der Waals surface area contributed by atoms with Gasteiger partial charge in [0.1, 0.15) is 0 Å². The van der Waals surface area contributed by atoms with Gasteiger partial charge in [-0.05, 0) is 38.6 Å². The topological polar surface area (TPSA) is 12.9 Å². The molecule has 0 saturated heterocycles. The summed E-state index contributed by atoms with van der Waals surface area (Å²) in [6.45, 7) is 0. The van der Waals surface area contributed by atoms with E-state index < -0.39 is 0 Å². The van der Waals surface area contributed by atoms with Crippen molar-refractivity contribution in [2.24, 2.45) is 0 Å². The Bertz CT molecular complexity index is 602. The van der Waals surface area contributed by atoms with Crippen LogP contribution in [0, 0.1) is 0 Å². The summed E-state index contributed by atoms with van der Waals surface area (Å²) in [6.07, 6.45) is 1.88. The zero-order valence-electron chi connectivity index (χ0n) is 11.0. The summed E-state index contributed by atoms with van der Waals surface area (Å²) in [5.41, 5.74) is 1.19. The molecule has 0 radical (unpaired) electrons. The minimum absolute atomic E-state index is 0.362. The maximum Gasteiger partial charge on any atom is 0.0650 e. The van der Waals surface area contributed by atoms with Crippen LogP contribution in [0.15, 0.2) is 85.1 Å². The number of aromatic nitrogens is 1. The van der Waals surface area contributed by atoms with Gasteiger partial charge in [-0.2, -0.15) is 0 Å². The molecule has 3 aromatic rings. The Hall–Kier alpha value is -1.55. The zero-order chi connectivity index (χ0) is 13.6. The lowest BCUT2D eigenvalue weighted by atomic mass is 10.4. The lowest BCUT2D eigenvalue weighted by Gasteiger charge is -2.18. The van der Waals surface area contributed by atoms with E-state index in [9.17, 15) is 0 Å². The van der Waals surface area contributed by atoms with Crippen molar-refractivity contribution in [1.29, 1.82) is 0 Å². The third-order valence-corrected chi connectivity index (χ3v) is 8.20. The maximum absolute atomic E-state index is 4.50. The molecule has 1 unspecified atom stereocenters. The molecule has 0 aliphatic rings. The van der Waals surface area contributed by atoms with Gasteiger partial charge in [0.25, 0.3) is 0 Å². The number of hydrogen-bond donors (Lipinski definition) is 0. The normalized spacial score (nSPS) is 11.2. The average molecular weight is 295 g/mol. The summed E-state index contributed by atoms with van der Waals surface area (Å²) in [4.78, 5) is 4.50. The fourth-order valence-corrected chi connectivity index (χ4v) is 6.76. The van der Waals surface area contributed by atoms with Gasteiger partial charge in [-0.25, -0.2) is 0 Å². The van der Waals surface area contributed by atoms with Crippen LogP contribution < -0.4 is 16.0 Å². The van der Waals surface area contributed by atoms with Gasteiger partial charge in [0.15, 0.2) is 0 Å². The Kier molecular flexibility index (Phi) is 4.53. The lowest BCUT2D eigenvalue weighted by molar-refractivity contribution is 1.39. The number of pyridine rings is 1. The van der Waals surface area contributed by atoms with Gasteiger partial charge in [-0.15, -0.1) is 0 Å². The van der Waals surface area contributed by atoms with Crippen LogP contribution in [0.1, 0.15) is 0 Å². The quantitative estimate of drug-likeness (QED) is 0.672. The van der Waals surface area contributed by atoms with E-state index in [0.717, 1.165) is 0 Å². The predicted octanol–water partition coefficient (Wildman–Crippen LogP) is 3.43. The highest BCUT2D eigenvalue weighted by Gasteiger charge is 2.14. The van der Waals surface area contributed by atoms with Crippen molar-refractivity contribution >= 4 is 31.9 Å². The third kappa shape index (κ3) is 3.31. The molecule has 1 nitrogen and oxygen atoms in total. The molecule has 0 N–H and O–H groups in total. The molecule has 98 valence electrons. The van der Waals surface area contributed by atoms with Crippen LogP contribution in [-0.2, 0) is 0 Å². The van der Waals surface area contributed by atoms with Gasteiger partial charge < -0.3 is 0 Å². The van der Waals surface area contributed by atoms with Crippen LogP contribution in [0.2, 0.25) is 0 Å². The van der Waals surface area contributed by atoms with Gasteiger partial charge in [-0.1, -0.05) is 66.7 Å². The number of nitrogens with zero attached hydrogens (tertiary/aromatic N) is 1. The van der Waals surface area contributed by atoms with Crippen LogP contribution >= 0.6 is 15.9 Å². The van der Waals surface area contributed by atoms with E-state index >= 15 is 0 Å². The minimum Gasteiger partial charge on any atom is -0.256 e. The molecule has 0 aliphatic heterocycles. The second kappa shape index (κ2) is 6.75. The Labute approximate surface area is 122 Å². The molecule has 2 aromatic carbocycles. The highest BCUT2D eigenvalue weighted by atomic mass is 32.0. The number of rotatable bonds is 4. The fraction of sp³-hybridized carbons (Fsp3) is 0. The monoisotopic (exact) mass is 295 g/mol. The van der Waals surface area contributed by atoms with Crippen molar-refractivity contribution < 1.29 is 0 Å². The molecule has 0 fully saturated rings. The fourth-order valence-electron chi connectivity index (χ4n) is 1.98. The highest BCUT2D eigenvalue weighted by Crippen LogP contribution is 2.51. The molecule has 0 bridgehead atoms. The van der Waals surface area contributed by atoms with Crippen molar-refractivity contribution in [2.75, 3.05) is 0 Å². The van der Waals surface area contributed by atoms with E-state index in [1.165, 1.54) is 16.0 Å². The molecule has 20 heavy (non-hydrogen) atoms. The number of hydrogen-bond acceptors (Lipinski definition) is 1. The standard InChI is InChI=1S/C17H15NP2/c1-3-9-15(10-4-1)20(16-11-5-2-6-12-16)19-17-13-7-8-14-18-17/h1-14,19H. The molecule has 0 amide bonds. The Morgan fingerprint density at radius 3 is 1.70 bits per heavy atom. The van der Waals surface area contributed by atoms with Gasteiger partial charge in [0.2, 0.25) is 0 Å². The molecule has 3 rings (SSSR count). The van der Waals surface area contributed by atoms with Crippen molar-refractivity contribution in [3.63, 3.8) is 0 Å². The maximum atomic E-state index is 4.50. The van der Waals surface area contributed by atoms with E-state index in [-0.39, 0.29) is 7.61 Å². The molecule has 3 heteroatoms. The Morgan fingerprint density at radius 1 is 0.650 bits per heavy atom. The molecule has 0 spiro atoms. The molecule has 0 aliphatic carbocycles. The smallest absolute Gasteiger partial charge is 0.0650 e.